The van der Waals surface area contributed by atoms with E-state index < -0.39 is 5.91 Å². The Balaban J connectivity index is 1.85. The predicted molar refractivity (Wildman–Crippen MR) is 96.3 cm³/mol. The molecule has 0 aliphatic heterocycles. The van der Waals surface area contributed by atoms with Crippen LogP contribution in [0.25, 0.3) is 0 Å². The van der Waals surface area contributed by atoms with Gasteiger partial charge in [0.05, 0.1) is 16.1 Å². The van der Waals surface area contributed by atoms with Crippen molar-refractivity contribution in [1.82, 2.24) is 10.2 Å². The van der Waals surface area contributed by atoms with Crippen LogP contribution in [0.5, 0.6) is 0 Å². The second-order valence-corrected chi connectivity index (χ2v) is 7.27. The maximum absolute atomic E-state index is 12.5. The number of halogens is 1. The maximum Gasteiger partial charge on any atom is 0.265 e. The molecular formula is C15H11ClN4O2S2. The molecule has 24 heavy (non-hydrogen) atoms. The summed E-state index contributed by atoms with van der Waals surface area (Å²) in [7, 11) is 0. The fourth-order valence-electron chi connectivity index (χ4n) is 1.92. The van der Waals surface area contributed by atoms with Crippen LogP contribution in [-0.2, 0) is 0 Å². The lowest BCUT2D eigenvalue weighted by atomic mass is 10.1. The lowest BCUT2D eigenvalue weighted by Crippen LogP contribution is -2.17. The molecule has 6 nitrogen and oxygen atoms in total. The third-order valence-electron chi connectivity index (χ3n) is 2.97. The quantitative estimate of drug-likeness (QED) is 0.716. The normalized spacial score (nSPS) is 10.4. The Bertz CT molecular complexity index is 893. The zero-order chi connectivity index (χ0) is 17.1. The van der Waals surface area contributed by atoms with Gasteiger partial charge in [0.1, 0.15) is 5.01 Å². The summed E-state index contributed by atoms with van der Waals surface area (Å²) in [6.45, 7) is 1.79. The monoisotopic (exact) mass is 378 g/mol. The van der Waals surface area contributed by atoms with E-state index in [1.807, 2.05) is 0 Å². The van der Waals surface area contributed by atoms with Gasteiger partial charge < -0.3 is 5.32 Å². The topological polar surface area (TPSA) is 84.0 Å². The van der Waals surface area contributed by atoms with Crippen LogP contribution in [0.15, 0.2) is 35.7 Å². The molecule has 0 bridgehead atoms. The van der Waals surface area contributed by atoms with Crippen molar-refractivity contribution in [2.45, 2.75) is 6.92 Å². The minimum Gasteiger partial charge on any atom is -0.320 e. The number of anilines is 2. The average Bonchev–Trinajstić information content (AvgIpc) is 3.19. The molecular weight excluding hydrogens is 368 g/mol. The number of carbonyl (C=O) groups excluding carboxylic acids is 2. The van der Waals surface area contributed by atoms with E-state index in [4.69, 9.17) is 11.6 Å². The summed E-state index contributed by atoms with van der Waals surface area (Å²) in [6.07, 6.45) is 0. The summed E-state index contributed by atoms with van der Waals surface area (Å²) < 4.78 is 0. The van der Waals surface area contributed by atoms with E-state index in [1.165, 1.54) is 28.7 Å². The summed E-state index contributed by atoms with van der Waals surface area (Å²) in [4.78, 5) is 25.2. The van der Waals surface area contributed by atoms with Crippen LogP contribution < -0.4 is 10.6 Å². The van der Waals surface area contributed by atoms with E-state index in [1.54, 1.807) is 36.6 Å². The van der Waals surface area contributed by atoms with Gasteiger partial charge in [0.25, 0.3) is 11.8 Å². The van der Waals surface area contributed by atoms with Crippen LogP contribution in [0.1, 0.15) is 25.0 Å². The number of hydrogen-bond donors (Lipinski definition) is 2. The molecule has 9 heteroatoms. The lowest BCUT2D eigenvalue weighted by molar-refractivity contribution is 0.102. The summed E-state index contributed by atoms with van der Waals surface area (Å²) in [5.74, 6) is -0.697. The number of nitrogens with one attached hydrogen (secondary N) is 2. The van der Waals surface area contributed by atoms with Crippen LogP contribution in [0.2, 0.25) is 5.02 Å². The van der Waals surface area contributed by atoms with E-state index >= 15 is 0 Å². The third kappa shape index (κ3) is 3.78. The van der Waals surface area contributed by atoms with E-state index in [0.717, 1.165) is 5.01 Å². The lowest BCUT2D eigenvalue weighted by Gasteiger charge is -2.10. The molecule has 0 saturated heterocycles. The van der Waals surface area contributed by atoms with Crippen molar-refractivity contribution in [2.75, 3.05) is 10.6 Å². The number of thiophene rings is 1. The van der Waals surface area contributed by atoms with Gasteiger partial charge in [-0.05, 0) is 36.6 Å². The van der Waals surface area contributed by atoms with E-state index in [2.05, 4.69) is 20.8 Å². The zero-order valence-electron chi connectivity index (χ0n) is 12.4. The molecule has 3 aromatic rings. The molecule has 2 N–H and O–H groups in total. The zero-order valence-corrected chi connectivity index (χ0v) is 14.8. The van der Waals surface area contributed by atoms with Crippen molar-refractivity contribution in [1.29, 1.82) is 0 Å². The third-order valence-corrected chi connectivity index (χ3v) is 4.82. The van der Waals surface area contributed by atoms with Crippen molar-refractivity contribution in [2.24, 2.45) is 0 Å². The summed E-state index contributed by atoms with van der Waals surface area (Å²) in [5, 5.41) is 16.4. The molecule has 2 heterocycles. The molecule has 0 atom stereocenters. The largest absolute Gasteiger partial charge is 0.320 e. The molecule has 3 rings (SSSR count). The van der Waals surface area contributed by atoms with Gasteiger partial charge in [0.2, 0.25) is 5.13 Å². The van der Waals surface area contributed by atoms with Crippen LogP contribution in [0, 0.1) is 6.92 Å². The second-order valence-electron chi connectivity index (χ2n) is 4.70. The molecule has 0 unspecified atom stereocenters. The summed E-state index contributed by atoms with van der Waals surface area (Å²) in [5.41, 5.74) is 0.622. The van der Waals surface area contributed by atoms with Crippen LogP contribution in [0.4, 0.5) is 10.8 Å². The molecule has 0 aliphatic rings. The number of benzene rings is 1. The highest BCUT2D eigenvalue weighted by Gasteiger charge is 2.17. The summed E-state index contributed by atoms with van der Waals surface area (Å²) in [6, 6.07) is 8.16. The van der Waals surface area contributed by atoms with Gasteiger partial charge in [-0.25, -0.2) is 0 Å². The van der Waals surface area contributed by atoms with Gasteiger partial charge in [-0.2, -0.15) is 0 Å². The molecule has 122 valence electrons. The molecule has 2 aromatic heterocycles. The van der Waals surface area contributed by atoms with Crippen molar-refractivity contribution in [3.63, 3.8) is 0 Å². The summed E-state index contributed by atoms with van der Waals surface area (Å²) >= 11 is 8.57. The van der Waals surface area contributed by atoms with Gasteiger partial charge in [-0.1, -0.05) is 29.0 Å². The minimum atomic E-state index is -0.399. The van der Waals surface area contributed by atoms with Gasteiger partial charge in [0, 0.05) is 5.02 Å². The minimum absolute atomic E-state index is 0.289. The SMILES string of the molecule is Cc1nnc(NC(=O)c2ccc(Cl)cc2NC(=O)c2cccs2)s1. The highest BCUT2D eigenvalue weighted by molar-refractivity contribution is 7.15. The number of hydrogen-bond acceptors (Lipinski definition) is 6. The van der Waals surface area contributed by atoms with Crippen LogP contribution >= 0.6 is 34.3 Å². The van der Waals surface area contributed by atoms with Crippen molar-refractivity contribution < 1.29 is 9.59 Å². The van der Waals surface area contributed by atoms with Crippen LogP contribution in [0.3, 0.4) is 0 Å². The number of aryl methyl sites for hydroxylation is 1. The number of rotatable bonds is 4. The fourth-order valence-corrected chi connectivity index (χ4v) is 3.30. The van der Waals surface area contributed by atoms with Gasteiger partial charge in [0.15, 0.2) is 0 Å². The van der Waals surface area contributed by atoms with Crippen molar-refractivity contribution >= 4 is 56.9 Å². The highest BCUT2D eigenvalue weighted by atomic mass is 35.5. The number of amides is 2. The molecule has 0 radical (unpaired) electrons. The maximum atomic E-state index is 12.5. The number of aromatic nitrogens is 2. The molecule has 0 spiro atoms. The molecule has 1 aromatic carbocycles. The van der Waals surface area contributed by atoms with E-state index in [0.29, 0.717) is 20.7 Å². The second kappa shape index (κ2) is 7.08. The first-order valence-corrected chi connectivity index (χ1v) is 8.86. The van der Waals surface area contributed by atoms with Crippen molar-refractivity contribution in [3.8, 4) is 0 Å². The first-order chi connectivity index (χ1) is 11.5. The van der Waals surface area contributed by atoms with E-state index in [9.17, 15) is 9.59 Å². The van der Waals surface area contributed by atoms with Crippen molar-refractivity contribution in [3.05, 3.63) is 56.2 Å². The number of carbonyl (C=O) groups is 2. The van der Waals surface area contributed by atoms with Gasteiger partial charge in [-0.15, -0.1) is 21.5 Å². The molecule has 0 fully saturated rings. The first kappa shape index (κ1) is 16.6. The van der Waals surface area contributed by atoms with E-state index in [-0.39, 0.29) is 11.5 Å². The standard InChI is InChI=1S/C15H11ClN4O2S2/c1-8-19-20-15(24-8)18-13(21)10-5-4-9(16)7-11(10)17-14(22)12-3-2-6-23-12/h2-7H,1H3,(H,17,22)(H,18,20,21). The Morgan fingerprint density at radius 1 is 1.12 bits per heavy atom. The smallest absolute Gasteiger partial charge is 0.265 e. The Morgan fingerprint density at radius 2 is 1.96 bits per heavy atom. The molecule has 0 aliphatic carbocycles. The predicted octanol–water partition coefficient (Wildman–Crippen LogP) is 4.07. The first-order valence-electron chi connectivity index (χ1n) is 6.79. The Labute approximate surface area is 150 Å². The average molecular weight is 379 g/mol. The van der Waals surface area contributed by atoms with Gasteiger partial charge >= 0.3 is 0 Å². The molecule has 2 amide bonds. The van der Waals surface area contributed by atoms with Crippen LogP contribution in [-0.4, -0.2) is 22.0 Å². The Hall–Kier alpha value is -2.29. The number of nitrogens with zero attached hydrogens (tertiary/aromatic N) is 2. The fraction of sp³-hybridized carbons (Fsp3) is 0.0667. The molecule has 0 saturated carbocycles. The highest BCUT2D eigenvalue weighted by Crippen LogP contribution is 2.24. The van der Waals surface area contributed by atoms with Gasteiger partial charge in [-0.3, -0.25) is 14.9 Å². The Kier molecular flexibility index (Phi) is 4.89. The Morgan fingerprint density at radius 3 is 2.62 bits per heavy atom.